The van der Waals surface area contributed by atoms with Gasteiger partial charge in [0.1, 0.15) is 6.04 Å². The molecule has 80 valence electrons. The van der Waals surface area contributed by atoms with Crippen molar-refractivity contribution in [3.8, 4) is 17.3 Å². The smallest absolute Gasteiger partial charge is 0.121 e. The van der Waals surface area contributed by atoms with Crippen molar-refractivity contribution in [2.75, 3.05) is 0 Å². The van der Waals surface area contributed by atoms with Crippen molar-refractivity contribution >= 4 is 0 Å². The van der Waals surface area contributed by atoms with Crippen molar-refractivity contribution in [1.82, 2.24) is 14.5 Å². The molecule has 0 fully saturated rings. The van der Waals surface area contributed by atoms with Gasteiger partial charge in [0.2, 0.25) is 0 Å². The Morgan fingerprint density at radius 1 is 1.56 bits per heavy atom. The molecule has 0 N–H and O–H groups in total. The van der Waals surface area contributed by atoms with E-state index in [-0.39, 0.29) is 6.04 Å². The van der Waals surface area contributed by atoms with Gasteiger partial charge in [-0.1, -0.05) is 6.92 Å². The molecule has 2 aromatic heterocycles. The molecule has 0 aliphatic rings. The molecule has 2 heterocycles. The van der Waals surface area contributed by atoms with E-state index in [9.17, 15) is 0 Å². The van der Waals surface area contributed by atoms with E-state index >= 15 is 0 Å². The summed E-state index contributed by atoms with van der Waals surface area (Å²) in [6.45, 7) is 1.98. The van der Waals surface area contributed by atoms with Gasteiger partial charge in [-0.15, -0.1) is 0 Å². The van der Waals surface area contributed by atoms with Crippen LogP contribution in [0.3, 0.4) is 0 Å². The molecule has 2 aromatic rings. The number of hydrogen-bond donors (Lipinski definition) is 0. The number of rotatable bonds is 3. The minimum atomic E-state index is -0.141. The van der Waals surface area contributed by atoms with E-state index in [0.717, 1.165) is 17.7 Å². The molecule has 0 aromatic carbocycles. The molecule has 1 atom stereocenters. The zero-order valence-corrected chi connectivity index (χ0v) is 9.04. The predicted octanol–water partition coefficient (Wildman–Crippen LogP) is 2.42. The predicted molar refractivity (Wildman–Crippen MR) is 60.4 cm³/mol. The molecule has 2 rings (SSSR count). The third-order valence-corrected chi connectivity index (χ3v) is 2.45. The van der Waals surface area contributed by atoms with E-state index in [0.29, 0.717) is 0 Å². The van der Waals surface area contributed by atoms with Gasteiger partial charge >= 0.3 is 0 Å². The van der Waals surface area contributed by atoms with Crippen molar-refractivity contribution < 1.29 is 0 Å². The summed E-state index contributed by atoms with van der Waals surface area (Å²) >= 11 is 0. The standard InChI is InChI=1S/C12H12N4/c1-2-11(6-13)16-8-12(15-9-16)10-4-3-5-14-7-10/h3-5,7-9,11H,2H2,1H3. The Balaban J connectivity index is 2.30. The van der Waals surface area contributed by atoms with E-state index < -0.39 is 0 Å². The molecule has 0 saturated heterocycles. The summed E-state index contributed by atoms with van der Waals surface area (Å²) in [6, 6.07) is 5.92. The van der Waals surface area contributed by atoms with E-state index in [4.69, 9.17) is 5.26 Å². The van der Waals surface area contributed by atoms with E-state index in [1.54, 1.807) is 18.7 Å². The third kappa shape index (κ3) is 1.94. The fourth-order valence-electron chi connectivity index (χ4n) is 1.54. The van der Waals surface area contributed by atoms with Crippen molar-refractivity contribution in [3.05, 3.63) is 37.1 Å². The van der Waals surface area contributed by atoms with E-state index in [1.807, 2.05) is 29.8 Å². The monoisotopic (exact) mass is 212 g/mol. The SMILES string of the molecule is CCC(C#N)n1cnc(-c2cccnc2)c1. The Labute approximate surface area is 94.2 Å². The first-order valence-electron chi connectivity index (χ1n) is 5.18. The van der Waals surface area contributed by atoms with Crippen LogP contribution in [-0.2, 0) is 0 Å². The molecule has 0 radical (unpaired) electrons. The lowest BCUT2D eigenvalue weighted by Crippen LogP contribution is -2.02. The quantitative estimate of drug-likeness (QED) is 0.785. The fraction of sp³-hybridized carbons (Fsp3) is 0.250. The summed E-state index contributed by atoms with van der Waals surface area (Å²) in [5.74, 6) is 0. The van der Waals surface area contributed by atoms with Gasteiger partial charge in [0.15, 0.2) is 0 Å². The average Bonchev–Trinajstić information content (AvgIpc) is 2.81. The Bertz CT molecular complexity index is 495. The summed E-state index contributed by atoms with van der Waals surface area (Å²) < 4.78 is 1.84. The highest BCUT2D eigenvalue weighted by Gasteiger charge is 2.08. The maximum Gasteiger partial charge on any atom is 0.121 e. The molecule has 0 amide bonds. The normalized spacial score (nSPS) is 12.0. The van der Waals surface area contributed by atoms with Crippen LogP contribution in [0.5, 0.6) is 0 Å². The maximum absolute atomic E-state index is 8.95. The summed E-state index contributed by atoms with van der Waals surface area (Å²) in [5.41, 5.74) is 1.82. The molecule has 4 heteroatoms. The van der Waals surface area contributed by atoms with Crippen LogP contribution in [0, 0.1) is 11.3 Å². The topological polar surface area (TPSA) is 54.5 Å². The van der Waals surface area contributed by atoms with E-state index in [2.05, 4.69) is 16.0 Å². The molecule has 0 aliphatic heterocycles. The number of imidazole rings is 1. The van der Waals surface area contributed by atoms with Crippen LogP contribution in [0.15, 0.2) is 37.1 Å². The van der Waals surface area contributed by atoms with Gasteiger partial charge < -0.3 is 4.57 Å². The molecule has 0 spiro atoms. The molecule has 1 unspecified atom stereocenters. The molecule has 0 bridgehead atoms. The number of pyridine rings is 1. The highest BCUT2D eigenvalue weighted by atomic mass is 15.1. The lowest BCUT2D eigenvalue weighted by atomic mass is 10.2. The van der Waals surface area contributed by atoms with Crippen LogP contribution >= 0.6 is 0 Å². The molecule has 4 nitrogen and oxygen atoms in total. The Hall–Kier alpha value is -2.15. The Kier molecular flexibility index (Phi) is 2.97. The zero-order chi connectivity index (χ0) is 11.4. The lowest BCUT2D eigenvalue weighted by Gasteiger charge is -2.05. The molecular formula is C12H12N4. The first kappa shape index (κ1) is 10.4. The molecule has 0 saturated carbocycles. The molecule has 0 aliphatic carbocycles. The number of aromatic nitrogens is 3. The second-order valence-electron chi connectivity index (χ2n) is 3.50. The first-order valence-corrected chi connectivity index (χ1v) is 5.18. The summed E-state index contributed by atoms with van der Waals surface area (Å²) in [4.78, 5) is 8.32. The largest absolute Gasteiger partial charge is 0.320 e. The molecule has 16 heavy (non-hydrogen) atoms. The number of hydrogen-bond acceptors (Lipinski definition) is 3. The Morgan fingerprint density at radius 3 is 3.06 bits per heavy atom. The van der Waals surface area contributed by atoms with Gasteiger partial charge in [0, 0.05) is 24.2 Å². The van der Waals surface area contributed by atoms with Crippen LogP contribution in [-0.4, -0.2) is 14.5 Å². The van der Waals surface area contributed by atoms with Gasteiger partial charge in [-0.05, 0) is 18.6 Å². The first-order chi connectivity index (χ1) is 7.85. The maximum atomic E-state index is 8.95. The summed E-state index contributed by atoms with van der Waals surface area (Å²) in [6.07, 6.45) is 7.85. The van der Waals surface area contributed by atoms with Crippen LogP contribution < -0.4 is 0 Å². The fourth-order valence-corrected chi connectivity index (χ4v) is 1.54. The van der Waals surface area contributed by atoms with Crippen molar-refractivity contribution in [1.29, 1.82) is 5.26 Å². The van der Waals surface area contributed by atoms with Crippen LogP contribution in [0.4, 0.5) is 0 Å². The van der Waals surface area contributed by atoms with Gasteiger partial charge in [-0.2, -0.15) is 5.26 Å². The Morgan fingerprint density at radius 2 is 2.44 bits per heavy atom. The second kappa shape index (κ2) is 4.58. The van der Waals surface area contributed by atoms with Crippen molar-refractivity contribution in [2.24, 2.45) is 0 Å². The second-order valence-corrected chi connectivity index (χ2v) is 3.50. The van der Waals surface area contributed by atoms with Crippen LogP contribution in [0.25, 0.3) is 11.3 Å². The minimum absolute atomic E-state index is 0.141. The van der Waals surface area contributed by atoms with Crippen molar-refractivity contribution in [3.63, 3.8) is 0 Å². The van der Waals surface area contributed by atoms with Gasteiger partial charge in [-0.3, -0.25) is 4.98 Å². The van der Waals surface area contributed by atoms with E-state index in [1.165, 1.54) is 0 Å². The van der Waals surface area contributed by atoms with Crippen molar-refractivity contribution in [2.45, 2.75) is 19.4 Å². The van der Waals surface area contributed by atoms with Crippen LogP contribution in [0.2, 0.25) is 0 Å². The molecular weight excluding hydrogens is 200 g/mol. The third-order valence-electron chi connectivity index (χ3n) is 2.45. The van der Waals surface area contributed by atoms with Gasteiger partial charge in [0.25, 0.3) is 0 Å². The minimum Gasteiger partial charge on any atom is -0.320 e. The lowest BCUT2D eigenvalue weighted by molar-refractivity contribution is 0.597. The average molecular weight is 212 g/mol. The number of nitrogens with zero attached hydrogens (tertiary/aromatic N) is 4. The zero-order valence-electron chi connectivity index (χ0n) is 9.04. The highest BCUT2D eigenvalue weighted by Crippen LogP contribution is 2.18. The summed E-state index contributed by atoms with van der Waals surface area (Å²) in [7, 11) is 0. The highest BCUT2D eigenvalue weighted by molar-refractivity contribution is 5.56. The summed E-state index contributed by atoms with van der Waals surface area (Å²) in [5, 5.41) is 8.95. The van der Waals surface area contributed by atoms with Gasteiger partial charge in [-0.25, -0.2) is 4.98 Å². The van der Waals surface area contributed by atoms with Crippen LogP contribution in [0.1, 0.15) is 19.4 Å². The number of nitriles is 1. The van der Waals surface area contributed by atoms with Gasteiger partial charge in [0.05, 0.1) is 18.1 Å².